The number of aromatic nitrogens is 2. The number of ether oxygens (including phenoxy) is 1. The second-order valence-electron chi connectivity index (χ2n) is 16.5. The third-order valence-electron chi connectivity index (χ3n) is 11.5. The van der Waals surface area contributed by atoms with Crippen LogP contribution >= 0.6 is 0 Å². The Morgan fingerprint density at radius 3 is 2.29 bits per heavy atom. The number of aliphatic hydroxyl groups excluding tert-OH is 2. The Kier molecular flexibility index (Phi) is 16.8. The quantitative estimate of drug-likeness (QED) is 0.0199. The fourth-order valence-electron chi connectivity index (χ4n) is 7.81. The van der Waals surface area contributed by atoms with Gasteiger partial charge in [0.15, 0.2) is 6.10 Å². The van der Waals surface area contributed by atoms with Crippen LogP contribution in [-0.2, 0) is 38.8 Å². The molecule has 2 saturated heterocycles. The van der Waals surface area contributed by atoms with E-state index in [0.29, 0.717) is 23.0 Å². The minimum Gasteiger partial charge on any atom is -0.394 e. The summed E-state index contributed by atoms with van der Waals surface area (Å²) in [6.07, 6.45) is -2.04. The van der Waals surface area contributed by atoms with Crippen LogP contribution in [0.5, 0.6) is 0 Å². The summed E-state index contributed by atoms with van der Waals surface area (Å²) >= 11 is 0. The van der Waals surface area contributed by atoms with E-state index in [2.05, 4.69) is 31.5 Å². The number of hydrazone groups is 1. The minimum atomic E-state index is -4.84. The Bertz CT molecular complexity index is 2880. The molecule has 4 heterocycles. The molecular formula is C43H46F2N10O16S. The average molecular weight is 1030 g/mol. The Labute approximate surface area is 406 Å². The van der Waals surface area contributed by atoms with Gasteiger partial charge in [-0.2, -0.15) is 27.3 Å². The van der Waals surface area contributed by atoms with Crippen LogP contribution < -0.4 is 27.1 Å². The van der Waals surface area contributed by atoms with E-state index in [1.807, 2.05) is 0 Å². The number of carbonyl (C=O) groups excluding carboxylic acids is 7. The summed E-state index contributed by atoms with van der Waals surface area (Å²) in [6.45, 7) is 0.591. The number of nitro groups is 1. The summed E-state index contributed by atoms with van der Waals surface area (Å²) < 4.78 is 67.8. The maximum absolute atomic E-state index is 14.5. The molecule has 1 aromatic heterocycles. The summed E-state index contributed by atoms with van der Waals surface area (Å²) in [7, 11) is -4.84. The van der Waals surface area contributed by atoms with Crippen LogP contribution in [0.25, 0.3) is 0 Å². The first-order valence-corrected chi connectivity index (χ1v) is 23.5. The largest absolute Gasteiger partial charge is 0.394 e. The van der Waals surface area contributed by atoms with Crippen molar-refractivity contribution in [2.24, 2.45) is 5.10 Å². The standard InChI is InChI=1S/C43H46F2N10O16S/c1-23(24-8-10-25(11-9-24)37(61)48-32-16-19-54(42(65)49-32)41-43(44,45)36(60)31(21-56)71-41)50-51-38(62)27-13-12-26(20-30(27)55(66)67)46-39(63)29-6-5-18-52(29)40(64)28(22-72(68,69)70)47-33(57)7-3-2-4-17-53-34(58)14-15-35(53)59/h8-16,19-20,28-29,31,36,41,56,60H,2-7,17-18,21-22H2,1H3,(H,46,63)(H,47,57)(H,51,62)(H,68,69,70)(H,48,49,61,65)/b50-23-/t28?,29-,31-,36-,41-/m1/s1. The molecule has 0 saturated carbocycles. The summed E-state index contributed by atoms with van der Waals surface area (Å²) in [5.74, 6) is -10.8. The molecular weight excluding hydrogens is 983 g/mol. The van der Waals surface area contributed by atoms with E-state index >= 15 is 0 Å². The zero-order chi connectivity index (χ0) is 52.7. The molecule has 3 aromatic rings. The Hall–Kier alpha value is -7.73. The van der Waals surface area contributed by atoms with Crippen LogP contribution in [0.15, 0.2) is 76.8 Å². The monoisotopic (exact) mass is 1030 g/mol. The molecule has 3 aliphatic heterocycles. The molecule has 6 rings (SSSR count). The number of carbonyl (C=O) groups is 7. The number of anilines is 2. The van der Waals surface area contributed by atoms with E-state index < -0.39 is 122 Å². The van der Waals surface area contributed by atoms with Gasteiger partial charge in [0, 0.05) is 55.2 Å². The molecule has 7 amide bonds. The second-order valence-corrected chi connectivity index (χ2v) is 18.0. The van der Waals surface area contributed by atoms with Gasteiger partial charge in [-0.25, -0.2) is 10.2 Å². The molecule has 0 radical (unpaired) electrons. The first-order chi connectivity index (χ1) is 34.0. The number of benzene rings is 2. The third-order valence-corrected chi connectivity index (χ3v) is 12.3. The lowest BCUT2D eigenvalue weighted by atomic mass is 10.1. The van der Waals surface area contributed by atoms with Crippen LogP contribution in [0.1, 0.15) is 78.0 Å². The number of hydrogen-bond acceptors (Lipinski definition) is 17. The smallest absolute Gasteiger partial charge is 0.351 e. The predicted octanol–water partition coefficient (Wildman–Crippen LogP) is 0.231. The molecule has 7 N–H and O–H groups in total. The first-order valence-electron chi connectivity index (χ1n) is 21.8. The number of likely N-dealkylation sites (tertiary alicyclic amines) is 1. The topological polar surface area (TPSA) is 369 Å². The van der Waals surface area contributed by atoms with Crippen molar-refractivity contribution in [3.63, 3.8) is 0 Å². The van der Waals surface area contributed by atoms with Crippen LogP contribution in [-0.4, -0.2) is 150 Å². The van der Waals surface area contributed by atoms with Crippen molar-refractivity contribution in [2.75, 3.05) is 36.1 Å². The van der Waals surface area contributed by atoms with Crippen molar-refractivity contribution >= 4 is 74.4 Å². The molecule has 72 heavy (non-hydrogen) atoms. The normalized spacial score (nSPS) is 20.1. The van der Waals surface area contributed by atoms with Crippen LogP contribution in [0.2, 0.25) is 0 Å². The highest BCUT2D eigenvalue weighted by atomic mass is 32.2. The molecule has 26 nitrogen and oxygen atoms in total. The SMILES string of the molecule is C/C(=N/NC(=O)c1ccc(NC(=O)[C@H]2CCCN2C(=O)C(CS(=O)(=O)O)NC(=O)CCCCCN2C(=O)C=CC2=O)cc1[N+](=O)[O-])c1ccc(C(=O)Nc2ccn([C@@H]3O[C@H](CO)[C@@H](O)C3(F)F)c(=O)n2)cc1. The highest BCUT2D eigenvalue weighted by Crippen LogP contribution is 2.42. The number of alkyl halides is 2. The Balaban J connectivity index is 1.03. The fraction of sp³-hybridized carbons (Fsp3) is 0.395. The van der Waals surface area contributed by atoms with Gasteiger partial charge in [-0.15, -0.1) is 0 Å². The lowest BCUT2D eigenvalue weighted by molar-refractivity contribution is -0.385. The maximum Gasteiger partial charge on any atom is 0.351 e. The Morgan fingerprint density at radius 1 is 0.986 bits per heavy atom. The summed E-state index contributed by atoms with van der Waals surface area (Å²) in [5.41, 5.74) is 0.111. The molecule has 384 valence electrons. The summed E-state index contributed by atoms with van der Waals surface area (Å²) in [6, 6.07) is 6.60. The number of nitrogens with one attached hydrogen (secondary N) is 4. The molecule has 0 bridgehead atoms. The zero-order valence-electron chi connectivity index (χ0n) is 37.8. The number of unbranched alkanes of at least 4 members (excludes halogenated alkanes) is 2. The first kappa shape index (κ1) is 53.6. The molecule has 0 aliphatic carbocycles. The van der Waals surface area contributed by atoms with Crippen molar-refractivity contribution in [1.29, 1.82) is 0 Å². The van der Waals surface area contributed by atoms with Gasteiger partial charge in [-0.1, -0.05) is 18.6 Å². The molecule has 1 unspecified atom stereocenters. The number of imide groups is 1. The summed E-state index contributed by atoms with van der Waals surface area (Å²) in [4.78, 5) is 119. The maximum atomic E-state index is 14.5. The van der Waals surface area contributed by atoms with Gasteiger partial charge < -0.3 is 35.8 Å². The van der Waals surface area contributed by atoms with Crippen molar-refractivity contribution in [3.8, 4) is 0 Å². The van der Waals surface area contributed by atoms with Crippen LogP contribution in [0.4, 0.5) is 26.0 Å². The van der Waals surface area contributed by atoms with Crippen LogP contribution in [0, 0.1) is 10.1 Å². The van der Waals surface area contributed by atoms with Crippen molar-refractivity contribution in [1.82, 2.24) is 30.1 Å². The number of nitro benzene ring substituents is 1. The zero-order valence-corrected chi connectivity index (χ0v) is 38.6. The average Bonchev–Trinajstić information content (AvgIpc) is 4.01. The lowest BCUT2D eigenvalue weighted by Crippen LogP contribution is -2.54. The highest BCUT2D eigenvalue weighted by Gasteiger charge is 2.59. The van der Waals surface area contributed by atoms with E-state index in [-0.39, 0.29) is 61.6 Å². The van der Waals surface area contributed by atoms with Crippen molar-refractivity contribution in [3.05, 3.63) is 104 Å². The molecule has 0 spiro atoms. The minimum absolute atomic E-state index is 0.0360. The van der Waals surface area contributed by atoms with Gasteiger partial charge in [0.2, 0.25) is 23.9 Å². The van der Waals surface area contributed by atoms with Gasteiger partial charge in [0.05, 0.1) is 17.2 Å². The van der Waals surface area contributed by atoms with Gasteiger partial charge in [-0.05, 0) is 68.5 Å². The predicted molar refractivity (Wildman–Crippen MR) is 244 cm³/mol. The number of rotatable bonds is 20. The van der Waals surface area contributed by atoms with Gasteiger partial charge in [0.25, 0.3) is 39.4 Å². The fourth-order valence-corrected chi connectivity index (χ4v) is 8.45. The molecule has 3 aliphatic rings. The number of aliphatic hydroxyl groups is 2. The van der Waals surface area contributed by atoms with Crippen molar-refractivity contribution < 1.29 is 75.2 Å². The highest BCUT2D eigenvalue weighted by molar-refractivity contribution is 7.85. The van der Waals surface area contributed by atoms with Crippen LogP contribution in [0.3, 0.4) is 0 Å². The number of halogens is 2. The number of hydrogen-bond donors (Lipinski definition) is 7. The van der Waals surface area contributed by atoms with Gasteiger partial charge in [-0.3, -0.25) is 57.7 Å². The van der Waals surface area contributed by atoms with E-state index in [1.165, 1.54) is 37.3 Å². The van der Waals surface area contributed by atoms with E-state index in [0.717, 1.165) is 46.3 Å². The number of nitrogens with zero attached hydrogens (tertiary/aromatic N) is 6. The molecule has 2 aromatic carbocycles. The third kappa shape index (κ3) is 12.8. The lowest BCUT2D eigenvalue weighted by Gasteiger charge is -2.28. The van der Waals surface area contributed by atoms with Gasteiger partial charge >= 0.3 is 11.6 Å². The van der Waals surface area contributed by atoms with Crippen molar-refractivity contribution in [2.45, 2.75) is 81.9 Å². The molecule has 2 fully saturated rings. The Morgan fingerprint density at radius 2 is 1.67 bits per heavy atom. The van der Waals surface area contributed by atoms with E-state index in [4.69, 9.17) is 4.74 Å². The molecule has 5 atom stereocenters. The number of amides is 7. The summed E-state index contributed by atoms with van der Waals surface area (Å²) in [5, 5.41) is 42.1. The second kappa shape index (κ2) is 22.6. The van der Waals surface area contributed by atoms with E-state index in [9.17, 15) is 80.4 Å². The van der Waals surface area contributed by atoms with Gasteiger partial charge in [0.1, 0.15) is 35.3 Å². The van der Waals surface area contributed by atoms with E-state index in [1.54, 1.807) is 0 Å². The molecule has 29 heteroatoms.